The number of rotatable bonds is 2. The fourth-order valence-corrected chi connectivity index (χ4v) is 3.16. The molecule has 0 spiro atoms. The van der Waals surface area contributed by atoms with Crippen molar-refractivity contribution in [2.75, 3.05) is 33.2 Å². The van der Waals surface area contributed by atoms with Crippen molar-refractivity contribution >= 4 is 0 Å². The predicted octanol–water partition coefficient (Wildman–Crippen LogP) is 2.45. The van der Waals surface area contributed by atoms with E-state index in [9.17, 15) is 0 Å². The van der Waals surface area contributed by atoms with Gasteiger partial charge in [-0.05, 0) is 71.1 Å². The zero-order chi connectivity index (χ0) is 11.5. The Morgan fingerprint density at radius 1 is 1.00 bits per heavy atom. The van der Waals surface area contributed by atoms with E-state index in [2.05, 4.69) is 30.7 Å². The Bertz CT molecular complexity index is 209. The maximum Gasteiger partial charge on any atom is 0.00670 e. The fraction of sp³-hybridized carbons (Fsp3) is 1.00. The summed E-state index contributed by atoms with van der Waals surface area (Å²) in [6, 6.07) is 0.794. The van der Waals surface area contributed by atoms with E-state index in [1.165, 1.54) is 51.9 Å². The van der Waals surface area contributed by atoms with Crippen molar-refractivity contribution in [2.24, 2.45) is 11.8 Å². The highest BCUT2D eigenvalue weighted by Crippen LogP contribution is 2.24. The zero-order valence-corrected chi connectivity index (χ0v) is 11.3. The quantitative estimate of drug-likeness (QED) is 0.711. The highest BCUT2D eigenvalue weighted by Gasteiger charge is 2.25. The minimum Gasteiger partial charge on any atom is -0.304 e. The lowest BCUT2D eigenvalue weighted by atomic mass is 9.90. The molecule has 2 rings (SSSR count). The van der Waals surface area contributed by atoms with Gasteiger partial charge in [0.15, 0.2) is 0 Å². The molecule has 0 unspecified atom stereocenters. The van der Waals surface area contributed by atoms with Crippen LogP contribution in [0.3, 0.4) is 0 Å². The van der Waals surface area contributed by atoms with Gasteiger partial charge in [-0.15, -0.1) is 0 Å². The molecule has 0 aromatic rings. The maximum absolute atomic E-state index is 2.71. The first-order chi connectivity index (χ1) is 7.65. The molecule has 2 heterocycles. The third-order valence-corrected chi connectivity index (χ3v) is 4.71. The van der Waals surface area contributed by atoms with Gasteiger partial charge in [-0.1, -0.05) is 6.92 Å². The molecule has 2 aliphatic heterocycles. The molecule has 2 nitrogen and oxygen atoms in total. The first kappa shape index (κ1) is 12.4. The van der Waals surface area contributed by atoms with Crippen molar-refractivity contribution in [1.82, 2.24) is 9.80 Å². The lowest BCUT2D eigenvalue weighted by Crippen LogP contribution is -2.43. The van der Waals surface area contributed by atoms with E-state index >= 15 is 0 Å². The molecule has 2 atom stereocenters. The summed E-state index contributed by atoms with van der Waals surface area (Å²) in [5.74, 6) is 1.92. The van der Waals surface area contributed by atoms with Crippen molar-refractivity contribution < 1.29 is 0 Å². The van der Waals surface area contributed by atoms with E-state index in [4.69, 9.17) is 0 Å². The highest BCUT2D eigenvalue weighted by atomic mass is 15.2. The first-order valence-corrected chi connectivity index (χ1v) is 7.07. The Morgan fingerprint density at radius 3 is 2.31 bits per heavy atom. The number of likely N-dealkylation sites (tertiary alicyclic amines) is 2. The summed E-state index contributed by atoms with van der Waals surface area (Å²) in [5.41, 5.74) is 0. The van der Waals surface area contributed by atoms with Gasteiger partial charge < -0.3 is 9.80 Å². The molecule has 0 radical (unpaired) electrons. The number of nitrogens with zero attached hydrogens (tertiary/aromatic N) is 2. The third kappa shape index (κ3) is 3.21. The molecule has 0 aliphatic carbocycles. The predicted molar refractivity (Wildman–Crippen MR) is 69.7 cm³/mol. The van der Waals surface area contributed by atoms with Gasteiger partial charge in [-0.25, -0.2) is 0 Å². The molecule has 2 saturated heterocycles. The van der Waals surface area contributed by atoms with Gasteiger partial charge in [0.25, 0.3) is 0 Å². The largest absolute Gasteiger partial charge is 0.304 e. The molecule has 2 heteroatoms. The molecule has 16 heavy (non-hydrogen) atoms. The minimum atomic E-state index is 0.794. The van der Waals surface area contributed by atoms with Crippen LogP contribution in [0.4, 0.5) is 0 Å². The van der Waals surface area contributed by atoms with Crippen molar-refractivity contribution in [2.45, 2.75) is 45.6 Å². The molecule has 0 amide bonds. The molecule has 2 fully saturated rings. The summed E-state index contributed by atoms with van der Waals surface area (Å²) < 4.78 is 0. The highest BCUT2D eigenvalue weighted by molar-refractivity contribution is 4.80. The van der Waals surface area contributed by atoms with E-state index in [1.807, 2.05) is 0 Å². The van der Waals surface area contributed by atoms with E-state index in [-0.39, 0.29) is 0 Å². The van der Waals surface area contributed by atoms with Crippen molar-refractivity contribution in [3.8, 4) is 0 Å². The summed E-state index contributed by atoms with van der Waals surface area (Å²) in [5, 5.41) is 0. The van der Waals surface area contributed by atoms with Crippen LogP contribution in [-0.4, -0.2) is 49.1 Å². The Balaban J connectivity index is 1.73. The molecular formula is C14H28N2. The van der Waals surface area contributed by atoms with E-state index in [1.54, 1.807) is 0 Å². The lowest BCUT2D eigenvalue weighted by molar-refractivity contribution is 0.104. The van der Waals surface area contributed by atoms with Crippen LogP contribution in [0.5, 0.6) is 0 Å². The van der Waals surface area contributed by atoms with E-state index in [0.29, 0.717) is 0 Å². The third-order valence-electron chi connectivity index (χ3n) is 4.71. The Labute approximate surface area is 101 Å². The van der Waals surface area contributed by atoms with Crippen LogP contribution in [0.25, 0.3) is 0 Å². The Morgan fingerprint density at radius 2 is 1.69 bits per heavy atom. The molecule has 0 bridgehead atoms. The van der Waals surface area contributed by atoms with Gasteiger partial charge in [0.2, 0.25) is 0 Å². The smallest absolute Gasteiger partial charge is 0.00670 e. The average Bonchev–Trinajstić information content (AvgIpc) is 2.27. The topological polar surface area (TPSA) is 6.48 Å². The van der Waals surface area contributed by atoms with Gasteiger partial charge in [0.1, 0.15) is 0 Å². The standard InChI is InChI=1S/C14H28N2/c1-12-4-8-16(9-5-12)11-14-6-7-15(3)13(2)10-14/h12-14H,4-11H2,1-3H3/t13-,14-/m0/s1. The van der Waals surface area contributed by atoms with Crippen molar-refractivity contribution in [3.05, 3.63) is 0 Å². The fourth-order valence-electron chi connectivity index (χ4n) is 3.16. The van der Waals surface area contributed by atoms with Gasteiger partial charge in [-0.3, -0.25) is 0 Å². The van der Waals surface area contributed by atoms with Crippen LogP contribution in [0.2, 0.25) is 0 Å². The number of hydrogen-bond donors (Lipinski definition) is 0. The summed E-state index contributed by atoms with van der Waals surface area (Å²) in [4.78, 5) is 5.22. The number of hydrogen-bond acceptors (Lipinski definition) is 2. The minimum absolute atomic E-state index is 0.794. The zero-order valence-electron chi connectivity index (χ0n) is 11.3. The van der Waals surface area contributed by atoms with Crippen molar-refractivity contribution in [1.29, 1.82) is 0 Å². The van der Waals surface area contributed by atoms with Crippen LogP contribution < -0.4 is 0 Å². The monoisotopic (exact) mass is 224 g/mol. The summed E-state index contributed by atoms with van der Waals surface area (Å²) >= 11 is 0. The molecule has 0 N–H and O–H groups in total. The van der Waals surface area contributed by atoms with Crippen LogP contribution in [0, 0.1) is 11.8 Å². The second-order valence-electron chi connectivity index (χ2n) is 6.20. The van der Waals surface area contributed by atoms with E-state index in [0.717, 1.165) is 17.9 Å². The van der Waals surface area contributed by atoms with Gasteiger partial charge in [0, 0.05) is 12.6 Å². The van der Waals surface area contributed by atoms with Crippen molar-refractivity contribution in [3.63, 3.8) is 0 Å². The second kappa shape index (κ2) is 5.50. The first-order valence-electron chi connectivity index (χ1n) is 7.07. The molecular weight excluding hydrogens is 196 g/mol. The molecule has 0 aromatic heterocycles. The van der Waals surface area contributed by atoms with Crippen LogP contribution >= 0.6 is 0 Å². The summed E-state index contributed by atoms with van der Waals surface area (Å²) in [7, 11) is 2.27. The lowest BCUT2D eigenvalue weighted by Gasteiger charge is -2.39. The van der Waals surface area contributed by atoms with Crippen LogP contribution in [-0.2, 0) is 0 Å². The van der Waals surface area contributed by atoms with Gasteiger partial charge in [-0.2, -0.15) is 0 Å². The van der Waals surface area contributed by atoms with E-state index < -0.39 is 0 Å². The van der Waals surface area contributed by atoms with Crippen LogP contribution in [0.1, 0.15) is 39.5 Å². The molecule has 0 aromatic carbocycles. The Kier molecular flexibility index (Phi) is 4.26. The molecule has 2 aliphatic rings. The van der Waals surface area contributed by atoms with Crippen LogP contribution in [0.15, 0.2) is 0 Å². The van der Waals surface area contributed by atoms with Gasteiger partial charge in [0.05, 0.1) is 0 Å². The molecule has 0 saturated carbocycles. The maximum atomic E-state index is 2.71. The Hall–Kier alpha value is -0.0800. The normalized spacial score (nSPS) is 35.4. The second-order valence-corrected chi connectivity index (χ2v) is 6.20. The average molecular weight is 224 g/mol. The number of piperidine rings is 2. The SMILES string of the molecule is CC1CCN(C[C@H]2CCN(C)[C@@H](C)C2)CC1. The van der Waals surface area contributed by atoms with Gasteiger partial charge >= 0.3 is 0 Å². The molecule has 94 valence electrons. The summed E-state index contributed by atoms with van der Waals surface area (Å²) in [6.07, 6.45) is 5.65. The summed E-state index contributed by atoms with van der Waals surface area (Å²) in [6.45, 7) is 10.1.